The lowest BCUT2D eigenvalue weighted by Crippen LogP contribution is -2.20. The smallest absolute Gasteiger partial charge is 0.244 e. The lowest BCUT2D eigenvalue weighted by atomic mass is 10.2. The lowest BCUT2D eigenvalue weighted by Gasteiger charge is -2.09. The number of hydrogen-bond acceptors (Lipinski definition) is 3. The van der Waals surface area contributed by atoms with Gasteiger partial charge in [-0.1, -0.05) is 24.3 Å². The molecule has 0 aliphatic rings. The van der Waals surface area contributed by atoms with Crippen LogP contribution in [0.2, 0.25) is 0 Å². The average Bonchev–Trinajstić information content (AvgIpc) is 2.45. The fourth-order valence-corrected chi connectivity index (χ4v) is 1.49. The summed E-state index contributed by atoms with van der Waals surface area (Å²) in [4.78, 5) is 11.5. The number of hydrogen-bond donors (Lipinski definition) is 1. The quantitative estimate of drug-likeness (QED) is 0.632. The van der Waals surface area contributed by atoms with Crippen LogP contribution in [0.1, 0.15) is 12.5 Å². The zero-order chi connectivity index (χ0) is 14.1. The second-order valence-corrected chi connectivity index (χ2v) is 3.79. The second kappa shape index (κ2) is 7.97. The Morgan fingerprint density at radius 3 is 2.58 bits per heavy atom. The molecule has 0 atom stereocenters. The van der Waals surface area contributed by atoms with Crippen molar-refractivity contribution in [3.8, 4) is 11.5 Å². The average molecular weight is 261 g/mol. The third kappa shape index (κ3) is 4.87. The van der Waals surface area contributed by atoms with Crippen LogP contribution in [0.3, 0.4) is 0 Å². The molecule has 0 unspecified atom stereocenters. The molecule has 0 heterocycles. The predicted octanol–water partition coefficient (Wildman–Crippen LogP) is 2.45. The highest BCUT2D eigenvalue weighted by Crippen LogP contribution is 2.27. The van der Waals surface area contributed by atoms with Crippen molar-refractivity contribution in [1.82, 2.24) is 5.32 Å². The number of amides is 1. The van der Waals surface area contributed by atoms with Crippen LogP contribution in [0.25, 0.3) is 0 Å². The third-order valence-electron chi connectivity index (χ3n) is 2.47. The van der Waals surface area contributed by atoms with Gasteiger partial charge in [-0.05, 0) is 24.6 Å². The Labute approximate surface area is 113 Å². The Balaban J connectivity index is 2.60. The van der Waals surface area contributed by atoms with Gasteiger partial charge in [-0.15, -0.1) is 0 Å². The normalized spacial score (nSPS) is 10.9. The van der Waals surface area contributed by atoms with Crippen molar-refractivity contribution < 1.29 is 14.3 Å². The van der Waals surface area contributed by atoms with Gasteiger partial charge in [-0.3, -0.25) is 4.79 Å². The number of allylic oxidation sites excluding steroid dienone is 3. The number of methoxy groups -OCH3 is 2. The van der Waals surface area contributed by atoms with Crippen LogP contribution in [0.4, 0.5) is 0 Å². The van der Waals surface area contributed by atoms with Gasteiger partial charge < -0.3 is 14.8 Å². The third-order valence-corrected chi connectivity index (χ3v) is 2.47. The second-order valence-electron chi connectivity index (χ2n) is 3.79. The molecule has 0 aliphatic heterocycles. The van der Waals surface area contributed by atoms with Crippen molar-refractivity contribution in [2.24, 2.45) is 0 Å². The summed E-state index contributed by atoms with van der Waals surface area (Å²) >= 11 is 0. The van der Waals surface area contributed by atoms with Gasteiger partial charge in [0.1, 0.15) is 0 Å². The predicted molar refractivity (Wildman–Crippen MR) is 75.3 cm³/mol. The van der Waals surface area contributed by atoms with Crippen LogP contribution in [0, 0.1) is 0 Å². The molecule has 1 aromatic rings. The molecule has 1 rings (SSSR count). The molecule has 1 N–H and O–H groups in total. The number of benzene rings is 1. The van der Waals surface area contributed by atoms with Gasteiger partial charge in [0.15, 0.2) is 11.5 Å². The number of ether oxygens (including phenoxy) is 2. The van der Waals surface area contributed by atoms with E-state index in [1.165, 1.54) is 6.08 Å². The van der Waals surface area contributed by atoms with Crippen LogP contribution >= 0.6 is 0 Å². The summed E-state index contributed by atoms with van der Waals surface area (Å²) in [6.07, 6.45) is 6.85. The van der Waals surface area contributed by atoms with Crippen molar-refractivity contribution in [3.63, 3.8) is 0 Å². The molecule has 1 amide bonds. The van der Waals surface area contributed by atoms with Gasteiger partial charge in [0.2, 0.25) is 5.91 Å². The van der Waals surface area contributed by atoms with Crippen molar-refractivity contribution in [3.05, 3.63) is 48.1 Å². The summed E-state index contributed by atoms with van der Waals surface area (Å²) in [7, 11) is 3.17. The van der Waals surface area contributed by atoms with Crippen LogP contribution in [-0.2, 0) is 11.3 Å². The molecular weight excluding hydrogens is 242 g/mol. The summed E-state index contributed by atoms with van der Waals surface area (Å²) in [6.45, 7) is 2.34. The Bertz CT molecular complexity index is 478. The zero-order valence-electron chi connectivity index (χ0n) is 11.5. The summed E-state index contributed by atoms with van der Waals surface area (Å²) in [5.41, 5.74) is 0.949. The minimum Gasteiger partial charge on any atom is -0.493 e. The van der Waals surface area contributed by atoms with E-state index in [-0.39, 0.29) is 5.91 Å². The standard InChI is InChI=1S/C15H19NO3/c1-4-5-6-7-15(17)16-11-12-8-9-13(18-2)14(10-12)19-3/h4-10H,11H2,1-3H3,(H,16,17)/b5-4+,7-6+. The first-order valence-corrected chi connectivity index (χ1v) is 5.99. The summed E-state index contributed by atoms with van der Waals surface area (Å²) in [5.74, 6) is 1.19. The Hall–Kier alpha value is -2.23. The molecule has 0 saturated carbocycles. The van der Waals surface area contributed by atoms with Crippen LogP contribution in [-0.4, -0.2) is 20.1 Å². The SMILES string of the molecule is C/C=C/C=C/C(=O)NCc1ccc(OC)c(OC)c1. The number of carbonyl (C=O) groups is 1. The maximum Gasteiger partial charge on any atom is 0.244 e. The van der Waals surface area contributed by atoms with E-state index < -0.39 is 0 Å². The first-order chi connectivity index (χ1) is 9.21. The summed E-state index contributed by atoms with van der Waals surface area (Å²) in [5, 5.41) is 2.79. The Kier molecular flexibility index (Phi) is 6.22. The van der Waals surface area contributed by atoms with Crippen molar-refractivity contribution in [2.45, 2.75) is 13.5 Å². The van der Waals surface area contributed by atoms with Crippen molar-refractivity contribution in [2.75, 3.05) is 14.2 Å². The highest BCUT2D eigenvalue weighted by molar-refractivity contribution is 5.87. The molecule has 19 heavy (non-hydrogen) atoms. The topological polar surface area (TPSA) is 47.6 Å². The number of nitrogens with one attached hydrogen (secondary N) is 1. The van der Waals surface area contributed by atoms with Gasteiger partial charge in [-0.2, -0.15) is 0 Å². The number of carbonyl (C=O) groups excluding carboxylic acids is 1. The molecule has 0 saturated heterocycles. The van der Waals surface area contributed by atoms with Gasteiger partial charge in [0.25, 0.3) is 0 Å². The number of rotatable bonds is 6. The van der Waals surface area contributed by atoms with Gasteiger partial charge >= 0.3 is 0 Å². The van der Waals surface area contributed by atoms with Crippen molar-refractivity contribution >= 4 is 5.91 Å². The van der Waals surface area contributed by atoms with Gasteiger partial charge in [0, 0.05) is 12.6 Å². The van der Waals surface area contributed by atoms with E-state index in [9.17, 15) is 4.79 Å². The minimum atomic E-state index is -0.132. The fraction of sp³-hybridized carbons (Fsp3) is 0.267. The monoisotopic (exact) mass is 261 g/mol. The van der Waals surface area contributed by atoms with E-state index in [1.807, 2.05) is 31.2 Å². The fourth-order valence-electron chi connectivity index (χ4n) is 1.49. The molecule has 0 bridgehead atoms. The maximum atomic E-state index is 11.5. The molecule has 0 aromatic heterocycles. The van der Waals surface area contributed by atoms with Crippen LogP contribution < -0.4 is 14.8 Å². The summed E-state index contributed by atoms with van der Waals surface area (Å²) < 4.78 is 10.4. The van der Waals surface area contributed by atoms with E-state index in [1.54, 1.807) is 26.4 Å². The maximum absolute atomic E-state index is 11.5. The van der Waals surface area contributed by atoms with Gasteiger partial charge in [0.05, 0.1) is 14.2 Å². The van der Waals surface area contributed by atoms with E-state index in [2.05, 4.69) is 5.32 Å². The Morgan fingerprint density at radius 1 is 1.21 bits per heavy atom. The van der Waals surface area contributed by atoms with E-state index in [0.29, 0.717) is 18.0 Å². The molecule has 0 spiro atoms. The highest BCUT2D eigenvalue weighted by atomic mass is 16.5. The first-order valence-electron chi connectivity index (χ1n) is 5.99. The minimum absolute atomic E-state index is 0.132. The van der Waals surface area contributed by atoms with E-state index in [4.69, 9.17) is 9.47 Å². The zero-order valence-corrected chi connectivity index (χ0v) is 11.5. The molecule has 102 valence electrons. The first kappa shape index (κ1) is 14.8. The van der Waals surface area contributed by atoms with Crippen LogP contribution in [0.15, 0.2) is 42.5 Å². The molecular formula is C15H19NO3. The molecule has 0 radical (unpaired) electrons. The largest absolute Gasteiger partial charge is 0.493 e. The van der Waals surface area contributed by atoms with E-state index in [0.717, 1.165) is 5.56 Å². The molecule has 0 aliphatic carbocycles. The molecule has 4 heteroatoms. The van der Waals surface area contributed by atoms with E-state index >= 15 is 0 Å². The van der Waals surface area contributed by atoms with Crippen LogP contribution in [0.5, 0.6) is 11.5 Å². The van der Waals surface area contributed by atoms with Crippen molar-refractivity contribution in [1.29, 1.82) is 0 Å². The summed E-state index contributed by atoms with van der Waals surface area (Å²) in [6, 6.07) is 5.54. The molecule has 0 fully saturated rings. The lowest BCUT2D eigenvalue weighted by molar-refractivity contribution is -0.116. The Morgan fingerprint density at radius 2 is 1.95 bits per heavy atom. The highest BCUT2D eigenvalue weighted by Gasteiger charge is 2.04. The molecule has 4 nitrogen and oxygen atoms in total. The molecule has 1 aromatic carbocycles. The van der Waals surface area contributed by atoms with Gasteiger partial charge in [-0.25, -0.2) is 0 Å².